The van der Waals surface area contributed by atoms with Crippen molar-refractivity contribution in [2.45, 2.75) is 12.1 Å². The van der Waals surface area contributed by atoms with Gasteiger partial charge in [-0.2, -0.15) is 0 Å². The third-order valence-electron chi connectivity index (χ3n) is 5.31. The van der Waals surface area contributed by atoms with Crippen molar-refractivity contribution >= 4 is 44.3 Å². The molecule has 0 fully saturated rings. The molecular weight excluding hydrogens is 556 g/mol. The second kappa shape index (κ2) is 11.3. The van der Waals surface area contributed by atoms with E-state index in [9.17, 15) is 10.2 Å². The van der Waals surface area contributed by atoms with E-state index in [1.807, 2.05) is 72.8 Å². The molecular formula is C28H22Br2N2O2. The zero-order valence-corrected chi connectivity index (χ0v) is 21.3. The van der Waals surface area contributed by atoms with E-state index in [0.717, 1.165) is 20.1 Å². The quantitative estimate of drug-likeness (QED) is 0.222. The number of aromatic hydroxyl groups is 2. The number of hydrogen-bond donors (Lipinski definition) is 2. The minimum absolute atomic E-state index is 0.151. The molecule has 0 aromatic heterocycles. The zero-order chi connectivity index (χ0) is 23.9. The van der Waals surface area contributed by atoms with Crippen LogP contribution in [-0.4, -0.2) is 22.6 Å². The summed E-state index contributed by atoms with van der Waals surface area (Å²) in [5.41, 5.74) is 3.18. The first kappa shape index (κ1) is 23.9. The van der Waals surface area contributed by atoms with E-state index in [0.29, 0.717) is 11.1 Å². The van der Waals surface area contributed by atoms with Gasteiger partial charge in [0.1, 0.15) is 23.6 Å². The Hall–Kier alpha value is -3.22. The van der Waals surface area contributed by atoms with E-state index >= 15 is 0 Å². The zero-order valence-electron chi connectivity index (χ0n) is 18.1. The van der Waals surface area contributed by atoms with Gasteiger partial charge in [0.2, 0.25) is 0 Å². The van der Waals surface area contributed by atoms with Crippen LogP contribution in [0.3, 0.4) is 0 Å². The summed E-state index contributed by atoms with van der Waals surface area (Å²) in [5, 5.41) is 20.6. The van der Waals surface area contributed by atoms with Crippen LogP contribution in [0.4, 0.5) is 0 Å². The number of hydrogen-bond acceptors (Lipinski definition) is 4. The van der Waals surface area contributed by atoms with Gasteiger partial charge in [-0.05, 0) is 47.5 Å². The Bertz CT molecular complexity index is 1210. The van der Waals surface area contributed by atoms with Crippen molar-refractivity contribution in [2.24, 2.45) is 9.98 Å². The summed E-state index contributed by atoms with van der Waals surface area (Å²) in [5.74, 6) is 0.301. The van der Waals surface area contributed by atoms with Crippen LogP contribution in [0.2, 0.25) is 0 Å². The van der Waals surface area contributed by atoms with Crippen molar-refractivity contribution in [3.8, 4) is 11.5 Å². The minimum Gasteiger partial charge on any atom is -0.507 e. The van der Waals surface area contributed by atoms with Gasteiger partial charge in [-0.1, -0.05) is 92.5 Å². The summed E-state index contributed by atoms with van der Waals surface area (Å²) in [7, 11) is 0. The van der Waals surface area contributed by atoms with Crippen LogP contribution in [0, 0.1) is 0 Å². The predicted molar refractivity (Wildman–Crippen MR) is 145 cm³/mol. The van der Waals surface area contributed by atoms with Crippen LogP contribution >= 0.6 is 31.9 Å². The van der Waals surface area contributed by atoms with Gasteiger partial charge in [-0.3, -0.25) is 9.98 Å². The smallest absolute Gasteiger partial charge is 0.124 e. The first-order chi connectivity index (χ1) is 16.5. The average molecular weight is 578 g/mol. The molecule has 0 bridgehead atoms. The molecule has 0 spiro atoms. The molecule has 0 heterocycles. The van der Waals surface area contributed by atoms with Crippen molar-refractivity contribution < 1.29 is 10.2 Å². The normalized spacial score (nSPS) is 13.4. The van der Waals surface area contributed by atoms with Gasteiger partial charge in [0, 0.05) is 32.5 Å². The Labute approximate surface area is 215 Å². The molecule has 0 aliphatic heterocycles. The molecule has 6 heteroatoms. The molecule has 0 saturated carbocycles. The molecule has 4 rings (SSSR count). The van der Waals surface area contributed by atoms with E-state index in [2.05, 4.69) is 31.9 Å². The lowest BCUT2D eigenvalue weighted by molar-refractivity contribution is 0.473. The van der Waals surface area contributed by atoms with E-state index in [1.54, 1.807) is 36.7 Å². The Morgan fingerprint density at radius 1 is 0.559 bits per heavy atom. The van der Waals surface area contributed by atoms with Crippen molar-refractivity contribution in [3.05, 3.63) is 128 Å². The third-order valence-corrected chi connectivity index (χ3v) is 6.30. The summed E-state index contributed by atoms with van der Waals surface area (Å²) in [6.07, 6.45) is 3.36. The Morgan fingerprint density at radius 3 is 1.32 bits per heavy atom. The summed E-state index contributed by atoms with van der Waals surface area (Å²) >= 11 is 6.91. The maximum Gasteiger partial charge on any atom is 0.124 e. The van der Waals surface area contributed by atoms with Crippen LogP contribution in [0.15, 0.2) is 116 Å². The molecule has 2 N–H and O–H groups in total. The van der Waals surface area contributed by atoms with E-state index in [-0.39, 0.29) is 23.6 Å². The molecule has 4 aromatic rings. The van der Waals surface area contributed by atoms with Gasteiger partial charge in [0.05, 0.1) is 0 Å². The lowest BCUT2D eigenvalue weighted by Crippen LogP contribution is -2.09. The lowest BCUT2D eigenvalue weighted by atomic mass is 9.94. The molecule has 170 valence electrons. The predicted octanol–water partition coefficient (Wildman–Crippen LogP) is 7.64. The van der Waals surface area contributed by atoms with Crippen LogP contribution in [0.5, 0.6) is 11.5 Å². The molecule has 1 unspecified atom stereocenters. The summed E-state index contributed by atoms with van der Waals surface area (Å²) in [6, 6.07) is 29.6. The monoisotopic (exact) mass is 576 g/mol. The van der Waals surface area contributed by atoms with E-state index < -0.39 is 0 Å². The van der Waals surface area contributed by atoms with E-state index in [1.165, 1.54) is 0 Å². The Kier molecular flexibility index (Phi) is 7.93. The van der Waals surface area contributed by atoms with Gasteiger partial charge in [-0.15, -0.1) is 0 Å². The number of benzene rings is 4. The number of halogens is 2. The number of rotatable bonds is 7. The van der Waals surface area contributed by atoms with Gasteiger partial charge >= 0.3 is 0 Å². The summed E-state index contributed by atoms with van der Waals surface area (Å²) in [6.45, 7) is 0. The van der Waals surface area contributed by atoms with Crippen molar-refractivity contribution in [3.63, 3.8) is 0 Å². The van der Waals surface area contributed by atoms with Crippen LogP contribution in [0.25, 0.3) is 0 Å². The average Bonchev–Trinajstić information content (AvgIpc) is 2.86. The van der Waals surface area contributed by atoms with Gasteiger partial charge in [0.25, 0.3) is 0 Å². The van der Waals surface area contributed by atoms with Crippen molar-refractivity contribution in [2.75, 3.05) is 0 Å². The number of nitrogens with zero attached hydrogens (tertiary/aromatic N) is 2. The molecule has 0 radical (unpaired) electrons. The highest BCUT2D eigenvalue weighted by Gasteiger charge is 2.23. The van der Waals surface area contributed by atoms with Crippen LogP contribution in [0.1, 0.15) is 34.3 Å². The fourth-order valence-corrected chi connectivity index (χ4v) is 4.34. The summed E-state index contributed by atoms with van der Waals surface area (Å²) in [4.78, 5) is 9.81. The molecule has 34 heavy (non-hydrogen) atoms. The standard InChI is InChI=1S/C28H22Br2N2O2/c29-23-11-13-25(33)21(15-23)17-31-27(19-7-3-1-4-8-19)28(20-9-5-2-6-10-20)32-18-22-16-24(30)12-14-26(22)34/h1-18,27-28,33-34H/b31-17+,32-18?/t27-,28?/m0/s1. The fraction of sp³-hybridized carbons (Fsp3) is 0.0714. The lowest BCUT2D eigenvalue weighted by Gasteiger charge is -2.22. The second-order valence-corrected chi connectivity index (χ2v) is 9.51. The maximum absolute atomic E-state index is 10.3. The van der Waals surface area contributed by atoms with Crippen LogP contribution < -0.4 is 0 Å². The van der Waals surface area contributed by atoms with Crippen LogP contribution in [-0.2, 0) is 0 Å². The first-order valence-electron chi connectivity index (χ1n) is 10.6. The maximum atomic E-state index is 10.3. The SMILES string of the molecule is Oc1ccc(Br)cc1C=NC(c1ccccc1)[C@@H](/N=C/c1cc(Br)ccc1O)c1ccccc1. The Morgan fingerprint density at radius 2 is 0.941 bits per heavy atom. The minimum atomic E-state index is -0.368. The molecule has 0 aliphatic carbocycles. The topological polar surface area (TPSA) is 65.2 Å². The van der Waals surface area contributed by atoms with Gasteiger partial charge in [0.15, 0.2) is 0 Å². The molecule has 4 nitrogen and oxygen atoms in total. The first-order valence-corrected chi connectivity index (χ1v) is 12.2. The Balaban J connectivity index is 1.81. The van der Waals surface area contributed by atoms with Crippen molar-refractivity contribution in [1.82, 2.24) is 0 Å². The third kappa shape index (κ3) is 6.01. The fourth-order valence-electron chi connectivity index (χ4n) is 3.58. The number of aliphatic imine (C=N–C) groups is 2. The summed E-state index contributed by atoms with van der Waals surface area (Å²) < 4.78 is 1.71. The number of phenols is 2. The highest BCUT2D eigenvalue weighted by Crippen LogP contribution is 2.36. The number of phenolic OH excluding ortho intramolecular Hbond substituents is 2. The largest absolute Gasteiger partial charge is 0.507 e. The van der Waals surface area contributed by atoms with E-state index in [4.69, 9.17) is 9.98 Å². The molecule has 0 amide bonds. The highest BCUT2D eigenvalue weighted by molar-refractivity contribution is 9.10. The van der Waals surface area contributed by atoms with Gasteiger partial charge in [-0.25, -0.2) is 0 Å². The molecule has 4 aromatic carbocycles. The molecule has 0 saturated heterocycles. The van der Waals surface area contributed by atoms with Gasteiger partial charge < -0.3 is 10.2 Å². The second-order valence-electron chi connectivity index (χ2n) is 7.67. The molecule has 0 aliphatic rings. The highest BCUT2D eigenvalue weighted by atomic mass is 79.9. The molecule has 2 atom stereocenters. The van der Waals surface area contributed by atoms with Crippen molar-refractivity contribution in [1.29, 1.82) is 0 Å².